The molecule has 0 saturated carbocycles. The molecule has 11 heteroatoms. The van der Waals surface area contributed by atoms with Crippen molar-refractivity contribution in [3.8, 4) is 0 Å². The van der Waals surface area contributed by atoms with Crippen molar-refractivity contribution in [1.82, 2.24) is 10.0 Å². The molecule has 2 rings (SSSR count). The minimum absolute atomic E-state index is 0.129. The van der Waals surface area contributed by atoms with Crippen molar-refractivity contribution in [2.45, 2.75) is 25.7 Å². The van der Waals surface area contributed by atoms with Gasteiger partial charge in [-0.05, 0) is 37.1 Å². The van der Waals surface area contributed by atoms with Gasteiger partial charge in [-0.15, -0.1) is 0 Å². The van der Waals surface area contributed by atoms with E-state index in [-0.39, 0.29) is 33.8 Å². The fourth-order valence-electron chi connectivity index (χ4n) is 2.67. The van der Waals surface area contributed by atoms with Gasteiger partial charge in [0.2, 0.25) is 10.0 Å². The summed E-state index contributed by atoms with van der Waals surface area (Å²) in [6.45, 7) is 4.36. The lowest BCUT2D eigenvalue weighted by Crippen LogP contribution is -2.32. The molecule has 0 aliphatic rings. The van der Waals surface area contributed by atoms with Gasteiger partial charge in [0.15, 0.2) is 12.4 Å². The Balaban J connectivity index is 1.87. The van der Waals surface area contributed by atoms with E-state index in [4.69, 9.17) is 4.74 Å². The minimum atomic E-state index is -4.02. The Hall–Kier alpha value is -3.57. The maximum Gasteiger partial charge on any atom is 0.321 e. The average Bonchev–Trinajstić information content (AvgIpc) is 2.80. The van der Waals surface area contributed by atoms with Crippen LogP contribution in [0.2, 0.25) is 0 Å². The number of ether oxygens (including phenoxy) is 1. The van der Waals surface area contributed by atoms with Crippen LogP contribution in [0.3, 0.4) is 0 Å². The van der Waals surface area contributed by atoms with Gasteiger partial charge in [0, 0.05) is 12.1 Å². The number of ketones is 1. The summed E-state index contributed by atoms with van der Waals surface area (Å²) < 4.78 is 31.4. The molecule has 0 spiro atoms. The maximum absolute atomic E-state index is 12.3. The van der Waals surface area contributed by atoms with E-state index in [9.17, 15) is 27.6 Å². The Kier molecular flexibility index (Phi) is 9.46. The topological polar surface area (TPSA) is 148 Å². The molecule has 2 aromatic rings. The zero-order valence-corrected chi connectivity index (χ0v) is 19.9. The zero-order chi connectivity index (χ0) is 25.3. The largest absolute Gasteiger partial charge is 0.455 e. The summed E-state index contributed by atoms with van der Waals surface area (Å²) in [5.74, 6) is -1.98. The van der Waals surface area contributed by atoms with Gasteiger partial charge in [0.1, 0.15) is 6.54 Å². The van der Waals surface area contributed by atoms with E-state index in [2.05, 4.69) is 15.4 Å². The monoisotopic (exact) mass is 489 g/mol. The van der Waals surface area contributed by atoms with Gasteiger partial charge in [-0.1, -0.05) is 38.1 Å². The smallest absolute Gasteiger partial charge is 0.321 e. The molecular weight excluding hydrogens is 462 g/mol. The van der Waals surface area contributed by atoms with E-state index in [0.29, 0.717) is 12.1 Å². The van der Waals surface area contributed by atoms with Crippen molar-refractivity contribution >= 4 is 39.3 Å². The lowest BCUT2D eigenvalue weighted by molar-refractivity contribution is -0.146. The van der Waals surface area contributed by atoms with Crippen LogP contribution in [0.15, 0.2) is 53.4 Å². The Morgan fingerprint density at radius 2 is 1.62 bits per heavy atom. The first-order valence-electron chi connectivity index (χ1n) is 10.4. The van der Waals surface area contributed by atoms with Gasteiger partial charge in [-0.3, -0.25) is 19.2 Å². The number of anilines is 1. The number of carbonyl (C=O) groups excluding carboxylic acids is 4. The molecule has 10 nitrogen and oxygen atoms in total. The summed E-state index contributed by atoms with van der Waals surface area (Å²) in [6.07, 6.45) is 0. The molecule has 0 radical (unpaired) electrons. The molecule has 0 atom stereocenters. The van der Waals surface area contributed by atoms with Crippen LogP contribution in [0, 0.1) is 5.92 Å². The van der Waals surface area contributed by atoms with Crippen molar-refractivity contribution in [1.29, 1.82) is 0 Å². The van der Waals surface area contributed by atoms with Gasteiger partial charge >= 0.3 is 5.97 Å². The van der Waals surface area contributed by atoms with E-state index in [1.165, 1.54) is 37.3 Å². The summed E-state index contributed by atoms with van der Waals surface area (Å²) >= 11 is 0. The molecule has 0 aromatic heterocycles. The molecule has 2 aromatic carbocycles. The summed E-state index contributed by atoms with van der Waals surface area (Å²) in [6, 6.07) is 11.6. The second-order valence-electron chi connectivity index (χ2n) is 7.76. The van der Waals surface area contributed by atoms with Crippen LogP contribution in [0.1, 0.15) is 41.5 Å². The molecule has 0 bridgehead atoms. The second-order valence-corrected chi connectivity index (χ2v) is 9.53. The lowest BCUT2D eigenvalue weighted by atomic mass is 10.1. The summed E-state index contributed by atoms with van der Waals surface area (Å²) in [5.41, 5.74) is 0.856. The van der Waals surface area contributed by atoms with E-state index < -0.39 is 35.1 Å². The third kappa shape index (κ3) is 8.09. The number of Topliss-reactive ketones (excluding diaryl/α,β-unsaturated/α-hetero) is 1. The van der Waals surface area contributed by atoms with Gasteiger partial charge < -0.3 is 15.4 Å². The van der Waals surface area contributed by atoms with Crippen LogP contribution < -0.4 is 15.4 Å². The molecule has 0 aliphatic carbocycles. The van der Waals surface area contributed by atoms with Gasteiger partial charge in [-0.25, -0.2) is 8.42 Å². The van der Waals surface area contributed by atoms with Gasteiger partial charge in [0.25, 0.3) is 11.8 Å². The van der Waals surface area contributed by atoms with Crippen LogP contribution in [0.25, 0.3) is 0 Å². The molecule has 3 N–H and O–H groups in total. The number of esters is 1. The predicted octanol–water partition coefficient (Wildman–Crippen LogP) is 1.74. The van der Waals surface area contributed by atoms with Gasteiger partial charge in [0.05, 0.1) is 16.1 Å². The van der Waals surface area contributed by atoms with Crippen LogP contribution in [0.4, 0.5) is 5.69 Å². The third-order valence-corrected chi connectivity index (χ3v) is 5.88. The predicted molar refractivity (Wildman–Crippen MR) is 125 cm³/mol. The Morgan fingerprint density at radius 1 is 0.971 bits per heavy atom. The fourth-order valence-corrected chi connectivity index (χ4v) is 3.64. The first-order valence-corrected chi connectivity index (χ1v) is 11.9. The molecule has 0 fully saturated rings. The van der Waals surface area contributed by atoms with Crippen LogP contribution in [0.5, 0.6) is 0 Å². The van der Waals surface area contributed by atoms with E-state index in [0.717, 1.165) is 0 Å². The Morgan fingerprint density at radius 3 is 2.24 bits per heavy atom. The highest BCUT2D eigenvalue weighted by molar-refractivity contribution is 7.89. The standard InChI is InChI=1S/C23H27N3O7S/c1-15(2)12-24-23(30)19-6-4-5-7-20(19)26-21(28)14-33-22(29)13-25-34(31,32)18-10-8-17(9-11-18)16(3)27/h4-11,15,25H,12-14H2,1-3H3,(H,24,30)(H,26,28). The third-order valence-electron chi connectivity index (χ3n) is 4.46. The van der Waals surface area contributed by atoms with Crippen molar-refractivity contribution in [2.75, 3.05) is 25.0 Å². The van der Waals surface area contributed by atoms with Crippen molar-refractivity contribution in [3.05, 3.63) is 59.7 Å². The molecule has 182 valence electrons. The molecule has 0 saturated heterocycles. The zero-order valence-electron chi connectivity index (χ0n) is 19.1. The SMILES string of the molecule is CC(=O)c1ccc(S(=O)(=O)NCC(=O)OCC(=O)Nc2ccccc2C(=O)NCC(C)C)cc1. The van der Waals surface area contributed by atoms with Crippen LogP contribution >= 0.6 is 0 Å². The van der Waals surface area contributed by atoms with Crippen LogP contribution in [-0.4, -0.2) is 51.7 Å². The first-order chi connectivity index (χ1) is 16.0. The average molecular weight is 490 g/mol. The van der Waals surface area contributed by atoms with Crippen molar-refractivity contribution < 1.29 is 32.3 Å². The number of amides is 2. The van der Waals surface area contributed by atoms with Crippen molar-refractivity contribution in [2.24, 2.45) is 5.92 Å². The lowest BCUT2D eigenvalue weighted by Gasteiger charge is -2.13. The molecule has 0 unspecified atom stereocenters. The molecule has 0 aliphatic heterocycles. The fraction of sp³-hybridized carbons (Fsp3) is 0.304. The molecule has 34 heavy (non-hydrogen) atoms. The highest BCUT2D eigenvalue weighted by atomic mass is 32.2. The summed E-state index contributed by atoms with van der Waals surface area (Å²) in [4.78, 5) is 47.6. The molecular formula is C23H27N3O7S. The number of hydrogen-bond acceptors (Lipinski definition) is 7. The van der Waals surface area contributed by atoms with Crippen molar-refractivity contribution in [3.63, 3.8) is 0 Å². The van der Waals surface area contributed by atoms with E-state index >= 15 is 0 Å². The van der Waals surface area contributed by atoms with Crippen LogP contribution in [-0.2, 0) is 24.3 Å². The number of carbonyl (C=O) groups is 4. The highest BCUT2D eigenvalue weighted by Gasteiger charge is 2.18. The van der Waals surface area contributed by atoms with Gasteiger partial charge in [-0.2, -0.15) is 4.72 Å². The summed E-state index contributed by atoms with van der Waals surface area (Å²) in [7, 11) is -4.02. The number of benzene rings is 2. The molecule has 0 heterocycles. The number of para-hydroxylation sites is 1. The summed E-state index contributed by atoms with van der Waals surface area (Å²) in [5, 5.41) is 5.26. The number of sulfonamides is 1. The normalized spacial score (nSPS) is 11.1. The maximum atomic E-state index is 12.3. The first kappa shape index (κ1) is 26.7. The van der Waals surface area contributed by atoms with E-state index in [1.54, 1.807) is 18.2 Å². The van der Waals surface area contributed by atoms with E-state index in [1.807, 2.05) is 13.8 Å². The Labute approximate surface area is 198 Å². The quantitative estimate of drug-likeness (QED) is 0.322. The minimum Gasteiger partial charge on any atom is -0.455 e. The number of hydrogen-bond donors (Lipinski definition) is 3. The number of rotatable bonds is 11. The number of nitrogens with one attached hydrogen (secondary N) is 3. The Bertz CT molecular complexity index is 1160. The molecule has 2 amide bonds. The highest BCUT2D eigenvalue weighted by Crippen LogP contribution is 2.15. The second kappa shape index (κ2) is 12.1.